The molecule has 0 aliphatic carbocycles. The monoisotopic (exact) mass is 206 g/mol. The summed E-state index contributed by atoms with van der Waals surface area (Å²) in [5, 5.41) is 0. The number of hydrogen-bond acceptors (Lipinski definition) is 3. The van der Waals surface area contributed by atoms with Crippen LogP contribution in [0.15, 0.2) is 24.3 Å². The lowest BCUT2D eigenvalue weighted by atomic mass is 10.1. The van der Waals surface area contributed by atoms with Gasteiger partial charge in [-0.05, 0) is 24.1 Å². The molecule has 2 rings (SSSR count). The Morgan fingerprint density at radius 3 is 2.53 bits per heavy atom. The minimum Gasteiger partial charge on any atom is -0.497 e. The van der Waals surface area contributed by atoms with Crippen molar-refractivity contribution in [2.75, 3.05) is 26.7 Å². The minimum atomic E-state index is 0.404. The Bertz CT molecular complexity index is 304. The summed E-state index contributed by atoms with van der Waals surface area (Å²) in [5.74, 6) is 0.921. The van der Waals surface area contributed by atoms with Crippen molar-refractivity contribution in [3.8, 4) is 5.75 Å². The maximum Gasteiger partial charge on any atom is 0.118 e. The topological polar surface area (TPSA) is 38.5 Å². The summed E-state index contributed by atoms with van der Waals surface area (Å²) < 4.78 is 5.11. The average molecular weight is 206 g/mol. The molecule has 1 aromatic carbocycles. The van der Waals surface area contributed by atoms with E-state index < -0.39 is 0 Å². The van der Waals surface area contributed by atoms with Crippen molar-refractivity contribution in [1.29, 1.82) is 0 Å². The molecule has 0 spiro atoms. The minimum absolute atomic E-state index is 0.404. The Balaban J connectivity index is 1.78. The first kappa shape index (κ1) is 10.5. The van der Waals surface area contributed by atoms with Crippen molar-refractivity contribution in [3.63, 3.8) is 0 Å². The lowest BCUT2D eigenvalue weighted by Gasteiger charge is -2.36. The van der Waals surface area contributed by atoms with Gasteiger partial charge in [0.15, 0.2) is 0 Å². The summed E-state index contributed by atoms with van der Waals surface area (Å²) in [5.41, 5.74) is 7.08. The first-order valence-corrected chi connectivity index (χ1v) is 5.39. The highest BCUT2D eigenvalue weighted by Gasteiger charge is 2.21. The van der Waals surface area contributed by atoms with Gasteiger partial charge in [0.1, 0.15) is 5.75 Å². The third-order valence-corrected chi connectivity index (χ3v) is 2.86. The molecule has 3 nitrogen and oxygen atoms in total. The van der Waals surface area contributed by atoms with Gasteiger partial charge in [-0.1, -0.05) is 12.1 Å². The largest absolute Gasteiger partial charge is 0.497 e. The van der Waals surface area contributed by atoms with Crippen molar-refractivity contribution >= 4 is 0 Å². The molecule has 1 heterocycles. The van der Waals surface area contributed by atoms with Crippen LogP contribution in [0.4, 0.5) is 0 Å². The maximum atomic E-state index is 5.72. The number of benzene rings is 1. The Morgan fingerprint density at radius 2 is 2.00 bits per heavy atom. The van der Waals surface area contributed by atoms with Crippen LogP contribution < -0.4 is 10.5 Å². The van der Waals surface area contributed by atoms with Crippen molar-refractivity contribution < 1.29 is 4.74 Å². The average Bonchev–Trinajstić information content (AvgIpc) is 2.23. The fraction of sp³-hybridized carbons (Fsp3) is 0.500. The van der Waals surface area contributed by atoms with Crippen LogP contribution in [0, 0.1) is 0 Å². The van der Waals surface area contributed by atoms with Gasteiger partial charge in [0.05, 0.1) is 7.11 Å². The second-order valence-electron chi connectivity index (χ2n) is 4.12. The van der Waals surface area contributed by atoms with Gasteiger partial charge >= 0.3 is 0 Å². The van der Waals surface area contributed by atoms with E-state index in [0.717, 1.165) is 31.8 Å². The van der Waals surface area contributed by atoms with E-state index in [2.05, 4.69) is 17.0 Å². The van der Waals surface area contributed by atoms with E-state index in [1.54, 1.807) is 7.11 Å². The summed E-state index contributed by atoms with van der Waals surface area (Å²) in [6, 6.07) is 8.67. The number of nitrogens with zero attached hydrogens (tertiary/aromatic N) is 1. The van der Waals surface area contributed by atoms with E-state index in [1.807, 2.05) is 12.1 Å². The van der Waals surface area contributed by atoms with E-state index in [-0.39, 0.29) is 0 Å². The Kier molecular flexibility index (Phi) is 3.23. The Hall–Kier alpha value is -1.06. The highest BCUT2D eigenvalue weighted by atomic mass is 16.5. The van der Waals surface area contributed by atoms with Gasteiger partial charge in [-0.3, -0.25) is 4.90 Å². The van der Waals surface area contributed by atoms with Crippen LogP contribution in [0.5, 0.6) is 5.75 Å². The zero-order valence-electron chi connectivity index (χ0n) is 9.15. The smallest absolute Gasteiger partial charge is 0.118 e. The molecular weight excluding hydrogens is 188 g/mol. The molecule has 1 aliphatic rings. The van der Waals surface area contributed by atoms with Gasteiger partial charge in [-0.25, -0.2) is 0 Å². The molecule has 0 saturated carbocycles. The van der Waals surface area contributed by atoms with Crippen LogP contribution in [0.25, 0.3) is 0 Å². The van der Waals surface area contributed by atoms with E-state index in [4.69, 9.17) is 10.5 Å². The van der Waals surface area contributed by atoms with Crippen LogP contribution in [-0.4, -0.2) is 37.7 Å². The summed E-state index contributed by atoms with van der Waals surface area (Å²) in [7, 11) is 1.69. The summed E-state index contributed by atoms with van der Waals surface area (Å²) in [4.78, 5) is 2.38. The van der Waals surface area contributed by atoms with E-state index >= 15 is 0 Å². The quantitative estimate of drug-likeness (QED) is 0.795. The zero-order valence-corrected chi connectivity index (χ0v) is 9.15. The number of methoxy groups -OCH3 is 1. The molecule has 3 heteroatoms. The fourth-order valence-corrected chi connectivity index (χ4v) is 1.87. The Morgan fingerprint density at radius 1 is 1.33 bits per heavy atom. The lowest BCUT2D eigenvalue weighted by molar-refractivity contribution is 0.153. The number of nitrogens with two attached hydrogens (primary N) is 1. The zero-order chi connectivity index (χ0) is 10.7. The third kappa shape index (κ3) is 2.70. The van der Waals surface area contributed by atoms with E-state index in [0.29, 0.717) is 6.04 Å². The van der Waals surface area contributed by atoms with Gasteiger partial charge in [-0.15, -0.1) is 0 Å². The van der Waals surface area contributed by atoms with E-state index in [1.165, 1.54) is 5.56 Å². The normalized spacial score (nSPS) is 17.5. The summed E-state index contributed by atoms with van der Waals surface area (Å²) >= 11 is 0. The van der Waals surface area contributed by atoms with Crippen LogP contribution in [0.2, 0.25) is 0 Å². The molecule has 0 atom stereocenters. The molecule has 0 amide bonds. The van der Waals surface area contributed by atoms with Crippen LogP contribution in [0.1, 0.15) is 5.56 Å². The maximum absolute atomic E-state index is 5.72. The van der Waals surface area contributed by atoms with E-state index in [9.17, 15) is 0 Å². The van der Waals surface area contributed by atoms with Gasteiger partial charge in [0, 0.05) is 25.7 Å². The van der Waals surface area contributed by atoms with Gasteiger partial charge in [0.25, 0.3) is 0 Å². The fourth-order valence-electron chi connectivity index (χ4n) is 1.87. The third-order valence-electron chi connectivity index (χ3n) is 2.86. The molecular formula is C12H18N2O. The standard InChI is InChI=1S/C12H18N2O/c1-15-12-4-2-10(3-5-12)6-7-14-8-11(13)9-14/h2-5,11H,6-9,13H2,1H3. The molecule has 0 unspecified atom stereocenters. The number of rotatable bonds is 4. The second kappa shape index (κ2) is 4.64. The highest BCUT2D eigenvalue weighted by molar-refractivity contribution is 5.27. The number of ether oxygens (including phenoxy) is 1. The van der Waals surface area contributed by atoms with Gasteiger partial charge in [0.2, 0.25) is 0 Å². The lowest BCUT2D eigenvalue weighted by Crippen LogP contribution is -2.55. The van der Waals surface area contributed by atoms with Gasteiger partial charge < -0.3 is 10.5 Å². The molecule has 0 radical (unpaired) electrons. The summed E-state index contributed by atoms with van der Waals surface area (Å²) in [6.07, 6.45) is 1.09. The van der Waals surface area contributed by atoms with Crippen molar-refractivity contribution in [2.24, 2.45) is 5.73 Å². The first-order chi connectivity index (χ1) is 7.28. The molecule has 0 aromatic heterocycles. The molecule has 1 saturated heterocycles. The number of hydrogen-bond donors (Lipinski definition) is 1. The van der Waals surface area contributed by atoms with Crippen LogP contribution >= 0.6 is 0 Å². The van der Waals surface area contributed by atoms with Gasteiger partial charge in [-0.2, -0.15) is 0 Å². The van der Waals surface area contributed by atoms with Crippen molar-refractivity contribution in [3.05, 3.63) is 29.8 Å². The predicted octanol–water partition coefficient (Wildman–Crippen LogP) is 0.881. The molecule has 15 heavy (non-hydrogen) atoms. The first-order valence-electron chi connectivity index (χ1n) is 5.39. The van der Waals surface area contributed by atoms with Crippen molar-refractivity contribution in [1.82, 2.24) is 4.90 Å². The molecule has 0 bridgehead atoms. The molecule has 2 N–H and O–H groups in total. The summed E-state index contributed by atoms with van der Waals surface area (Å²) in [6.45, 7) is 3.21. The Labute approximate surface area is 90.8 Å². The molecule has 1 fully saturated rings. The SMILES string of the molecule is COc1ccc(CCN2CC(N)C2)cc1. The number of likely N-dealkylation sites (tertiary alicyclic amines) is 1. The van der Waals surface area contributed by atoms with Crippen LogP contribution in [0.3, 0.4) is 0 Å². The van der Waals surface area contributed by atoms with Crippen LogP contribution in [-0.2, 0) is 6.42 Å². The van der Waals surface area contributed by atoms with Crippen molar-refractivity contribution in [2.45, 2.75) is 12.5 Å². The molecule has 82 valence electrons. The molecule has 1 aromatic rings. The second-order valence-corrected chi connectivity index (χ2v) is 4.12. The predicted molar refractivity (Wildman–Crippen MR) is 61.1 cm³/mol. The highest BCUT2D eigenvalue weighted by Crippen LogP contribution is 2.13. The molecule has 1 aliphatic heterocycles.